The van der Waals surface area contributed by atoms with Gasteiger partial charge in [-0.1, -0.05) is 12.1 Å². The molecule has 0 aliphatic rings. The number of aromatic nitrogens is 1. The first-order chi connectivity index (χ1) is 7.09. The molecule has 0 amide bonds. The highest BCUT2D eigenvalue weighted by Crippen LogP contribution is 2.24. The van der Waals surface area contributed by atoms with Crippen LogP contribution in [-0.2, 0) is 0 Å². The van der Waals surface area contributed by atoms with Gasteiger partial charge in [0.15, 0.2) is 5.69 Å². The zero-order valence-corrected chi connectivity index (χ0v) is 7.77. The highest BCUT2D eigenvalue weighted by Gasteiger charge is 2.10. The van der Waals surface area contributed by atoms with Gasteiger partial charge in [0.05, 0.1) is 11.2 Å². The zero-order chi connectivity index (χ0) is 11.0. The number of para-hydroxylation sites is 1. The predicted octanol–water partition coefficient (Wildman–Crippen LogP) is 1.10. The van der Waals surface area contributed by atoms with Crippen LogP contribution in [0.25, 0.3) is 10.9 Å². The van der Waals surface area contributed by atoms with Crippen LogP contribution in [0.2, 0.25) is 0 Å². The van der Waals surface area contributed by atoms with E-state index in [1.807, 2.05) is 0 Å². The quantitative estimate of drug-likeness (QED) is 0.602. The van der Waals surface area contributed by atoms with Crippen LogP contribution < -0.4 is 11.5 Å². The van der Waals surface area contributed by atoms with Crippen LogP contribution in [0.15, 0.2) is 24.3 Å². The maximum Gasteiger partial charge on any atom is 0.354 e. The molecule has 0 spiro atoms. The lowest BCUT2D eigenvalue weighted by atomic mass is 10.1. The first-order valence-electron chi connectivity index (χ1n) is 4.27. The van der Waals surface area contributed by atoms with Gasteiger partial charge in [0.2, 0.25) is 0 Å². The highest BCUT2D eigenvalue weighted by molar-refractivity contribution is 6.00. The van der Waals surface area contributed by atoms with Gasteiger partial charge in [-0.25, -0.2) is 9.78 Å². The maximum absolute atomic E-state index is 10.7. The van der Waals surface area contributed by atoms with Crippen molar-refractivity contribution >= 4 is 28.2 Å². The summed E-state index contributed by atoms with van der Waals surface area (Å²) in [6, 6.07) is 6.47. The van der Waals surface area contributed by atoms with Gasteiger partial charge in [-0.3, -0.25) is 0 Å². The van der Waals surface area contributed by atoms with Crippen molar-refractivity contribution in [2.75, 3.05) is 11.5 Å². The molecule has 5 N–H and O–H groups in total. The number of anilines is 2. The number of carboxylic acid groups (broad SMARTS) is 1. The summed E-state index contributed by atoms with van der Waals surface area (Å²) in [6.07, 6.45) is 0. The number of rotatable bonds is 1. The molecule has 0 saturated carbocycles. The molecule has 2 rings (SSSR count). The molecular weight excluding hydrogens is 194 g/mol. The van der Waals surface area contributed by atoms with E-state index in [1.165, 1.54) is 6.07 Å². The third kappa shape index (κ3) is 1.43. The van der Waals surface area contributed by atoms with E-state index in [0.29, 0.717) is 22.3 Å². The summed E-state index contributed by atoms with van der Waals surface area (Å²) < 4.78 is 0. The number of nitrogens with two attached hydrogens (primary N) is 2. The summed E-state index contributed by atoms with van der Waals surface area (Å²) in [5, 5.41) is 9.47. The molecule has 76 valence electrons. The van der Waals surface area contributed by atoms with E-state index in [9.17, 15) is 4.79 Å². The number of fused-ring (bicyclic) bond motifs is 1. The van der Waals surface area contributed by atoms with Crippen LogP contribution in [0.3, 0.4) is 0 Å². The van der Waals surface area contributed by atoms with Gasteiger partial charge >= 0.3 is 5.97 Å². The van der Waals surface area contributed by atoms with Crippen molar-refractivity contribution in [3.63, 3.8) is 0 Å². The SMILES string of the molecule is Nc1cc(C(=O)O)nc2c(N)cccc12. The number of nitrogens with zero attached hydrogens (tertiary/aromatic N) is 1. The summed E-state index contributed by atoms with van der Waals surface area (Å²) in [4.78, 5) is 14.7. The maximum atomic E-state index is 10.7. The normalized spacial score (nSPS) is 10.4. The average Bonchev–Trinajstić information content (AvgIpc) is 2.19. The molecular formula is C10H9N3O2. The van der Waals surface area contributed by atoms with Gasteiger partial charge in [0, 0.05) is 11.1 Å². The summed E-state index contributed by atoms with van der Waals surface area (Å²) in [5.74, 6) is -1.12. The van der Waals surface area contributed by atoms with Crippen LogP contribution in [-0.4, -0.2) is 16.1 Å². The first-order valence-corrected chi connectivity index (χ1v) is 4.27. The number of pyridine rings is 1. The van der Waals surface area contributed by atoms with E-state index in [4.69, 9.17) is 16.6 Å². The van der Waals surface area contributed by atoms with E-state index in [0.717, 1.165) is 0 Å². The Morgan fingerprint density at radius 1 is 1.27 bits per heavy atom. The second kappa shape index (κ2) is 3.13. The van der Waals surface area contributed by atoms with Crippen molar-refractivity contribution in [3.05, 3.63) is 30.0 Å². The van der Waals surface area contributed by atoms with E-state index < -0.39 is 5.97 Å². The summed E-state index contributed by atoms with van der Waals surface area (Å²) in [6.45, 7) is 0. The fraction of sp³-hybridized carbons (Fsp3) is 0. The minimum atomic E-state index is -1.12. The van der Waals surface area contributed by atoms with E-state index in [-0.39, 0.29) is 5.69 Å². The predicted molar refractivity (Wildman–Crippen MR) is 57.5 cm³/mol. The highest BCUT2D eigenvalue weighted by atomic mass is 16.4. The Morgan fingerprint density at radius 3 is 2.67 bits per heavy atom. The van der Waals surface area contributed by atoms with E-state index >= 15 is 0 Å². The monoisotopic (exact) mass is 203 g/mol. The molecule has 5 nitrogen and oxygen atoms in total. The molecule has 2 aromatic rings. The number of aromatic carboxylic acids is 1. The minimum Gasteiger partial charge on any atom is -0.477 e. The van der Waals surface area contributed by atoms with Gasteiger partial charge in [-0.2, -0.15) is 0 Å². The van der Waals surface area contributed by atoms with Gasteiger partial charge in [0.25, 0.3) is 0 Å². The van der Waals surface area contributed by atoms with Crippen molar-refractivity contribution < 1.29 is 9.90 Å². The smallest absolute Gasteiger partial charge is 0.354 e. The van der Waals surface area contributed by atoms with Crippen LogP contribution in [0.5, 0.6) is 0 Å². The lowest BCUT2D eigenvalue weighted by Gasteiger charge is -2.05. The number of carboxylic acids is 1. The first kappa shape index (κ1) is 9.26. The van der Waals surface area contributed by atoms with E-state index in [2.05, 4.69) is 4.98 Å². The van der Waals surface area contributed by atoms with E-state index in [1.54, 1.807) is 18.2 Å². The van der Waals surface area contributed by atoms with Gasteiger partial charge < -0.3 is 16.6 Å². The summed E-state index contributed by atoms with van der Waals surface area (Å²) in [7, 11) is 0. The lowest BCUT2D eigenvalue weighted by Crippen LogP contribution is -2.03. The summed E-state index contributed by atoms with van der Waals surface area (Å²) >= 11 is 0. The molecule has 1 heterocycles. The Hall–Kier alpha value is -2.30. The topological polar surface area (TPSA) is 102 Å². The molecule has 0 fully saturated rings. The van der Waals surface area contributed by atoms with Crippen LogP contribution in [0.4, 0.5) is 11.4 Å². The molecule has 0 atom stereocenters. The second-order valence-corrected chi connectivity index (χ2v) is 3.15. The van der Waals surface area contributed by atoms with Crippen molar-refractivity contribution in [2.24, 2.45) is 0 Å². The minimum absolute atomic E-state index is 0.0992. The Morgan fingerprint density at radius 2 is 2.00 bits per heavy atom. The van der Waals surface area contributed by atoms with Crippen molar-refractivity contribution in [1.82, 2.24) is 4.98 Å². The molecule has 1 aromatic carbocycles. The fourth-order valence-corrected chi connectivity index (χ4v) is 1.41. The Bertz CT molecular complexity index is 552. The second-order valence-electron chi connectivity index (χ2n) is 3.15. The number of hydrogen-bond acceptors (Lipinski definition) is 4. The Balaban J connectivity index is 2.85. The molecule has 0 aliphatic carbocycles. The molecule has 0 bridgehead atoms. The van der Waals surface area contributed by atoms with Gasteiger partial charge in [0.1, 0.15) is 0 Å². The standard InChI is InChI=1S/C10H9N3O2/c11-6-3-1-2-5-7(12)4-8(10(14)15)13-9(5)6/h1-4H,11H2,(H2,12,13)(H,14,15). The molecule has 0 saturated heterocycles. The van der Waals surface area contributed by atoms with Gasteiger partial charge in [-0.05, 0) is 12.1 Å². The van der Waals surface area contributed by atoms with Crippen molar-refractivity contribution in [2.45, 2.75) is 0 Å². The lowest BCUT2D eigenvalue weighted by molar-refractivity contribution is 0.0691. The van der Waals surface area contributed by atoms with Crippen molar-refractivity contribution in [3.8, 4) is 0 Å². The van der Waals surface area contributed by atoms with Crippen LogP contribution >= 0.6 is 0 Å². The molecule has 15 heavy (non-hydrogen) atoms. The fourth-order valence-electron chi connectivity index (χ4n) is 1.41. The van der Waals surface area contributed by atoms with Crippen molar-refractivity contribution in [1.29, 1.82) is 0 Å². The Kier molecular flexibility index (Phi) is 1.93. The molecule has 5 heteroatoms. The number of nitrogen functional groups attached to an aromatic ring is 2. The largest absolute Gasteiger partial charge is 0.477 e. The van der Waals surface area contributed by atoms with Crippen LogP contribution in [0, 0.1) is 0 Å². The number of hydrogen-bond donors (Lipinski definition) is 3. The number of carbonyl (C=O) groups is 1. The number of benzene rings is 1. The van der Waals surface area contributed by atoms with Crippen LogP contribution in [0.1, 0.15) is 10.5 Å². The van der Waals surface area contributed by atoms with Gasteiger partial charge in [-0.15, -0.1) is 0 Å². The Labute approximate surface area is 85.3 Å². The molecule has 0 aliphatic heterocycles. The molecule has 1 aromatic heterocycles. The summed E-state index contributed by atoms with van der Waals surface area (Å²) in [5.41, 5.74) is 12.5. The molecule has 0 unspecified atom stereocenters. The third-order valence-electron chi connectivity index (χ3n) is 2.12. The zero-order valence-electron chi connectivity index (χ0n) is 7.77. The molecule has 0 radical (unpaired) electrons. The average molecular weight is 203 g/mol. The third-order valence-corrected chi connectivity index (χ3v) is 2.12.